The molecule has 1 unspecified atom stereocenters. The number of nitrogens with one attached hydrogen (secondary N) is 2. The lowest BCUT2D eigenvalue weighted by molar-refractivity contribution is 0.0930. The third-order valence-electron chi connectivity index (χ3n) is 2.41. The summed E-state index contributed by atoms with van der Waals surface area (Å²) in [7, 11) is 0. The van der Waals surface area contributed by atoms with E-state index in [4.69, 9.17) is 0 Å². The summed E-state index contributed by atoms with van der Waals surface area (Å²) in [6.07, 6.45) is 1.42. The second-order valence-corrected chi connectivity index (χ2v) is 3.95. The number of aromatic amines is 1. The van der Waals surface area contributed by atoms with Gasteiger partial charge in [-0.25, -0.2) is 0 Å². The minimum atomic E-state index is -0.205. The predicted octanol–water partition coefficient (Wildman–Crippen LogP) is 1.15. The summed E-state index contributed by atoms with van der Waals surface area (Å²) in [5, 5.41) is 2.85. The van der Waals surface area contributed by atoms with E-state index in [-0.39, 0.29) is 17.5 Å². The van der Waals surface area contributed by atoms with Gasteiger partial charge in [-0.05, 0) is 18.9 Å². The highest BCUT2D eigenvalue weighted by molar-refractivity contribution is 5.93. The number of pyridine rings is 1. The van der Waals surface area contributed by atoms with Crippen LogP contribution in [0.1, 0.15) is 31.1 Å². The van der Waals surface area contributed by atoms with Crippen molar-refractivity contribution in [1.82, 2.24) is 10.3 Å². The zero-order valence-corrected chi connectivity index (χ0v) is 9.20. The van der Waals surface area contributed by atoms with Crippen LogP contribution in [0.2, 0.25) is 0 Å². The second-order valence-electron chi connectivity index (χ2n) is 3.95. The van der Waals surface area contributed by atoms with Crippen LogP contribution in [0.5, 0.6) is 0 Å². The van der Waals surface area contributed by atoms with Gasteiger partial charge in [0.05, 0.1) is 5.56 Å². The van der Waals surface area contributed by atoms with Gasteiger partial charge in [0, 0.05) is 18.3 Å². The van der Waals surface area contributed by atoms with Gasteiger partial charge in [-0.3, -0.25) is 9.59 Å². The van der Waals surface area contributed by atoms with Crippen molar-refractivity contribution < 1.29 is 4.79 Å². The maximum Gasteiger partial charge on any atom is 0.252 e. The van der Waals surface area contributed by atoms with Gasteiger partial charge in [0.25, 0.3) is 5.91 Å². The summed E-state index contributed by atoms with van der Waals surface area (Å²) in [5.74, 6) is 0.226. The molecular weight excluding hydrogens is 192 g/mol. The van der Waals surface area contributed by atoms with E-state index in [9.17, 15) is 9.59 Å². The summed E-state index contributed by atoms with van der Waals surface area (Å²) in [4.78, 5) is 24.9. The number of hydrogen-bond donors (Lipinski definition) is 2. The molecule has 0 saturated heterocycles. The van der Waals surface area contributed by atoms with Gasteiger partial charge < -0.3 is 10.3 Å². The second kappa shape index (κ2) is 4.77. The first-order chi connectivity index (χ1) is 7.00. The zero-order valence-electron chi connectivity index (χ0n) is 9.20. The maximum atomic E-state index is 11.6. The molecule has 0 aliphatic heterocycles. The Hall–Kier alpha value is -1.58. The molecular formula is C11H16N2O2. The van der Waals surface area contributed by atoms with Gasteiger partial charge in [0.15, 0.2) is 0 Å². The Morgan fingerprint density at radius 2 is 2.00 bits per heavy atom. The van der Waals surface area contributed by atoms with Crippen molar-refractivity contribution in [2.24, 2.45) is 5.92 Å². The molecule has 82 valence electrons. The lowest BCUT2D eigenvalue weighted by Gasteiger charge is -2.17. The smallest absolute Gasteiger partial charge is 0.252 e. The van der Waals surface area contributed by atoms with Gasteiger partial charge in [-0.15, -0.1) is 0 Å². The Labute approximate surface area is 88.7 Å². The molecule has 1 rings (SSSR count). The lowest BCUT2D eigenvalue weighted by Crippen LogP contribution is -2.36. The number of rotatable bonds is 3. The Kier molecular flexibility index (Phi) is 3.66. The monoisotopic (exact) mass is 208 g/mol. The number of carbonyl (C=O) groups is 1. The average molecular weight is 208 g/mol. The van der Waals surface area contributed by atoms with E-state index in [1.54, 1.807) is 0 Å². The molecule has 15 heavy (non-hydrogen) atoms. The molecule has 4 heteroatoms. The molecule has 4 nitrogen and oxygen atoms in total. The largest absolute Gasteiger partial charge is 0.349 e. The number of amides is 1. The standard InChI is InChI=1S/C11H16N2O2/c1-7(2)8(3)13-11(15)9-4-5-10(14)12-6-9/h4-8H,1-3H3,(H,12,14)(H,13,15). The summed E-state index contributed by atoms with van der Waals surface area (Å²) in [6, 6.07) is 2.97. The summed E-state index contributed by atoms with van der Waals surface area (Å²) < 4.78 is 0. The fourth-order valence-electron chi connectivity index (χ4n) is 1.01. The quantitative estimate of drug-likeness (QED) is 0.782. The normalized spacial score (nSPS) is 12.5. The zero-order chi connectivity index (χ0) is 11.4. The highest BCUT2D eigenvalue weighted by Gasteiger charge is 2.11. The molecule has 0 aliphatic rings. The molecule has 1 atom stereocenters. The third-order valence-corrected chi connectivity index (χ3v) is 2.41. The lowest BCUT2D eigenvalue weighted by atomic mass is 10.1. The average Bonchev–Trinajstić information content (AvgIpc) is 2.18. The van der Waals surface area contributed by atoms with E-state index in [2.05, 4.69) is 10.3 Å². The van der Waals surface area contributed by atoms with E-state index in [1.807, 2.05) is 20.8 Å². The van der Waals surface area contributed by atoms with Crippen LogP contribution in [-0.4, -0.2) is 16.9 Å². The topological polar surface area (TPSA) is 62.0 Å². The number of aromatic nitrogens is 1. The summed E-state index contributed by atoms with van der Waals surface area (Å²) >= 11 is 0. The van der Waals surface area contributed by atoms with Gasteiger partial charge in [-0.1, -0.05) is 13.8 Å². The van der Waals surface area contributed by atoms with Crippen LogP contribution in [-0.2, 0) is 0 Å². The first-order valence-electron chi connectivity index (χ1n) is 5.00. The van der Waals surface area contributed by atoms with Crippen molar-refractivity contribution in [2.45, 2.75) is 26.8 Å². The number of carbonyl (C=O) groups excluding carboxylic acids is 1. The Morgan fingerprint density at radius 1 is 1.33 bits per heavy atom. The first kappa shape index (κ1) is 11.5. The molecule has 1 aromatic rings. The van der Waals surface area contributed by atoms with Gasteiger partial charge >= 0.3 is 0 Å². The van der Waals surface area contributed by atoms with E-state index in [0.717, 1.165) is 0 Å². The molecule has 0 spiro atoms. The molecule has 0 radical (unpaired) electrons. The third kappa shape index (κ3) is 3.23. The first-order valence-corrected chi connectivity index (χ1v) is 5.00. The maximum absolute atomic E-state index is 11.6. The fourth-order valence-corrected chi connectivity index (χ4v) is 1.01. The van der Waals surface area contributed by atoms with Crippen LogP contribution in [0.4, 0.5) is 0 Å². The van der Waals surface area contributed by atoms with Crippen LogP contribution < -0.4 is 10.9 Å². The van der Waals surface area contributed by atoms with E-state index < -0.39 is 0 Å². The van der Waals surface area contributed by atoms with E-state index in [0.29, 0.717) is 11.5 Å². The summed E-state index contributed by atoms with van der Waals surface area (Å²) in [6.45, 7) is 6.03. The molecule has 0 bridgehead atoms. The fraction of sp³-hybridized carbons (Fsp3) is 0.455. The van der Waals surface area contributed by atoms with Gasteiger partial charge in [0.1, 0.15) is 0 Å². The van der Waals surface area contributed by atoms with Crippen molar-refractivity contribution in [3.63, 3.8) is 0 Å². The van der Waals surface area contributed by atoms with Crippen molar-refractivity contribution >= 4 is 5.91 Å². The molecule has 1 aromatic heterocycles. The van der Waals surface area contributed by atoms with Gasteiger partial charge in [0.2, 0.25) is 5.56 Å². The van der Waals surface area contributed by atoms with Crippen molar-refractivity contribution in [2.75, 3.05) is 0 Å². The van der Waals surface area contributed by atoms with E-state index in [1.165, 1.54) is 18.3 Å². The highest BCUT2D eigenvalue weighted by Crippen LogP contribution is 2.01. The van der Waals surface area contributed by atoms with E-state index >= 15 is 0 Å². The SMILES string of the molecule is CC(C)C(C)NC(=O)c1ccc(=O)[nH]c1. The summed E-state index contributed by atoms with van der Waals surface area (Å²) in [5.41, 5.74) is 0.269. The van der Waals surface area contributed by atoms with Crippen molar-refractivity contribution in [1.29, 1.82) is 0 Å². The minimum absolute atomic E-state index is 0.115. The highest BCUT2D eigenvalue weighted by atomic mass is 16.2. The van der Waals surface area contributed by atoms with Crippen LogP contribution >= 0.6 is 0 Å². The molecule has 0 fully saturated rings. The number of H-pyrrole nitrogens is 1. The minimum Gasteiger partial charge on any atom is -0.349 e. The molecule has 0 aliphatic carbocycles. The van der Waals surface area contributed by atoms with Crippen molar-refractivity contribution in [3.8, 4) is 0 Å². The Balaban J connectivity index is 2.69. The Bertz CT molecular complexity index is 375. The molecule has 1 amide bonds. The number of hydrogen-bond acceptors (Lipinski definition) is 2. The van der Waals surface area contributed by atoms with Crippen LogP contribution in [0.15, 0.2) is 23.1 Å². The van der Waals surface area contributed by atoms with Crippen LogP contribution in [0, 0.1) is 5.92 Å². The van der Waals surface area contributed by atoms with Crippen LogP contribution in [0.25, 0.3) is 0 Å². The molecule has 0 saturated carbocycles. The van der Waals surface area contributed by atoms with Crippen LogP contribution in [0.3, 0.4) is 0 Å². The molecule has 2 N–H and O–H groups in total. The molecule has 1 heterocycles. The van der Waals surface area contributed by atoms with Crippen molar-refractivity contribution in [3.05, 3.63) is 34.2 Å². The predicted molar refractivity (Wildman–Crippen MR) is 58.8 cm³/mol. The molecule has 0 aromatic carbocycles. The van der Waals surface area contributed by atoms with Gasteiger partial charge in [-0.2, -0.15) is 0 Å². The Morgan fingerprint density at radius 3 is 2.47 bits per heavy atom.